The van der Waals surface area contributed by atoms with E-state index in [0.29, 0.717) is 5.76 Å². The van der Waals surface area contributed by atoms with Gasteiger partial charge < -0.3 is 15.1 Å². The first-order chi connectivity index (χ1) is 12.6. The summed E-state index contributed by atoms with van der Waals surface area (Å²) in [6.07, 6.45) is 1.64. The fourth-order valence-corrected chi connectivity index (χ4v) is 2.72. The van der Waals surface area contributed by atoms with Crippen molar-refractivity contribution >= 4 is 22.8 Å². The number of carbonyl (C=O) groups excluding carboxylic acids is 2. The van der Waals surface area contributed by atoms with E-state index in [4.69, 9.17) is 4.42 Å². The van der Waals surface area contributed by atoms with Crippen LogP contribution in [0.4, 0.5) is 0 Å². The average molecular weight is 356 g/mol. The second-order valence-electron chi connectivity index (χ2n) is 5.86. The third-order valence-corrected chi connectivity index (χ3v) is 4.10. The van der Waals surface area contributed by atoms with Gasteiger partial charge in [-0.1, -0.05) is 12.1 Å². The van der Waals surface area contributed by atoms with Crippen molar-refractivity contribution in [3.8, 4) is 0 Å². The molecule has 0 aliphatic carbocycles. The van der Waals surface area contributed by atoms with Gasteiger partial charge in [-0.15, -0.1) is 0 Å². The maximum Gasteiger partial charge on any atom is 0.328 e. The maximum atomic E-state index is 12.3. The molecule has 0 radical (unpaired) electrons. The molecule has 2 N–H and O–H groups in total. The standard InChI is InChI=1S/C18H20N4O4/c1-21-14-6-2-3-7-15(14)22(18(21)25)9-8-16(23)20-12-17(24)19-11-13-5-4-10-26-13/h2-7,10H,8-9,11-12H2,1H3,(H,19,24)(H,20,23). The van der Waals surface area contributed by atoms with E-state index < -0.39 is 0 Å². The Balaban J connectivity index is 1.49. The predicted molar refractivity (Wildman–Crippen MR) is 95.4 cm³/mol. The lowest BCUT2D eigenvalue weighted by atomic mass is 10.3. The van der Waals surface area contributed by atoms with Crippen LogP contribution in [0.2, 0.25) is 0 Å². The Morgan fingerprint density at radius 1 is 1.04 bits per heavy atom. The summed E-state index contributed by atoms with van der Waals surface area (Å²) in [5.41, 5.74) is 1.43. The molecule has 0 aliphatic rings. The minimum Gasteiger partial charge on any atom is -0.467 e. The van der Waals surface area contributed by atoms with Crippen LogP contribution in [0, 0.1) is 0 Å². The van der Waals surface area contributed by atoms with Crippen molar-refractivity contribution in [3.63, 3.8) is 0 Å². The zero-order valence-corrected chi connectivity index (χ0v) is 14.4. The van der Waals surface area contributed by atoms with Gasteiger partial charge in [0.05, 0.1) is 30.4 Å². The number of carbonyl (C=O) groups is 2. The smallest absolute Gasteiger partial charge is 0.328 e. The molecule has 136 valence electrons. The first-order valence-corrected chi connectivity index (χ1v) is 8.26. The van der Waals surface area contributed by atoms with E-state index in [9.17, 15) is 14.4 Å². The first-order valence-electron chi connectivity index (χ1n) is 8.26. The van der Waals surface area contributed by atoms with Crippen LogP contribution in [0.1, 0.15) is 12.2 Å². The number of benzene rings is 1. The largest absolute Gasteiger partial charge is 0.467 e. The van der Waals surface area contributed by atoms with Gasteiger partial charge in [0, 0.05) is 20.0 Å². The van der Waals surface area contributed by atoms with E-state index in [1.165, 1.54) is 6.26 Å². The van der Waals surface area contributed by atoms with Crippen LogP contribution in [-0.4, -0.2) is 27.5 Å². The molecule has 2 heterocycles. The molecular formula is C18H20N4O4. The highest BCUT2D eigenvalue weighted by Crippen LogP contribution is 2.11. The average Bonchev–Trinajstić information content (AvgIpc) is 3.25. The lowest BCUT2D eigenvalue weighted by Crippen LogP contribution is -2.37. The molecule has 0 fully saturated rings. The maximum absolute atomic E-state index is 12.3. The van der Waals surface area contributed by atoms with Crippen molar-refractivity contribution in [2.45, 2.75) is 19.5 Å². The number of nitrogens with zero attached hydrogens (tertiary/aromatic N) is 2. The van der Waals surface area contributed by atoms with Crippen LogP contribution in [0.3, 0.4) is 0 Å². The Morgan fingerprint density at radius 2 is 1.81 bits per heavy atom. The molecule has 0 unspecified atom stereocenters. The van der Waals surface area contributed by atoms with Crippen molar-refractivity contribution in [1.29, 1.82) is 0 Å². The number of rotatable bonds is 7. The van der Waals surface area contributed by atoms with Gasteiger partial charge in [-0.3, -0.25) is 18.7 Å². The van der Waals surface area contributed by atoms with Crippen LogP contribution < -0.4 is 16.3 Å². The van der Waals surface area contributed by atoms with E-state index >= 15 is 0 Å². The molecule has 0 aliphatic heterocycles. The van der Waals surface area contributed by atoms with Gasteiger partial charge in [0.1, 0.15) is 5.76 Å². The van der Waals surface area contributed by atoms with Gasteiger partial charge in [-0.25, -0.2) is 4.79 Å². The van der Waals surface area contributed by atoms with Crippen molar-refractivity contribution in [2.24, 2.45) is 7.05 Å². The SMILES string of the molecule is Cn1c(=O)n(CCC(=O)NCC(=O)NCc2ccco2)c2ccccc21. The minimum atomic E-state index is -0.308. The van der Waals surface area contributed by atoms with Crippen molar-refractivity contribution in [2.75, 3.05) is 6.54 Å². The summed E-state index contributed by atoms with van der Waals surface area (Å²) in [4.78, 5) is 36.0. The van der Waals surface area contributed by atoms with Crippen molar-refractivity contribution in [3.05, 3.63) is 58.9 Å². The fourth-order valence-electron chi connectivity index (χ4n) is 2.72. The van der Waals surface area contributed by atoms with E-state index in [1.54, 1.807) is 28.3 Å². The Hall–Kier alpha value is -3.29. The van der Waals surface area contributed by atoms with E-state index in [2.05, 4.69) is 10.6 Å². The number of hydrogen-bond donors (Lipinski definition) is 2. The number of aromatic nitrogens is 2. The summed E-state index contributed by atoms with van der Waals surface area (Å²) in [6, 6.07) is 10.9. The van der Waals surface area contributed by atoms with Crippen molar-refractivity contribution in [1.82, 2.24) is 19.8 Å². The Bertz CT molecular complexity index is 969. The van der Waals surface area contributed by atoms with Gasteiger partial charge in [0.15, 0.2) is 0 Å². The second kappa shape index (κ2) is 7.73. The monoisotopic (exact) mass is 356 g/mol. The van der Waals surface area contributed by atoms with E-state index in [0.717, 1.165) is 11.0 Å². The third-order valence-electron chi connectivity index (χ3n) is 4.10. The fraction of sp³-hybridized carbons (Fsp3) is 0.278. The van der Waals surface area contributed by atoms with Crippen molar-refractivity contribution < 1.29 is 14.0 Å². The zero-order chi connectivity index (χ0) is 18.5. The summed E-state index contributed by atoms with van der Waals surface area (Å²) in [5.74, 6) is 0.0371. The summed E-state index contributed by atoms with van der Waals surface area (Å²) in [5, 5.41) is 5.20. The Morgan fingerprint density at radius 3 is 2.54 bits per heavy atom. The van der Waals surface area contributed by atoms with Crippen LogP contribution in [0.15, 0.2) is 51.9 Å². The Kier molecular flexibility index (Phi) is 5.21. The predicted octanol–water partition coefficient (Wildman–Crippen LogP) is 0.756. The molecule has 2 aromatic heterocycles. The summed E-state index contributed by atoms with van der Waals surface area (Å²) in [7, 11) is 1.70. The summed E-state index contributed by atoms with van der Waals surface area (Å²) in [6.45, 7) is 0.400. The number of furan rings is 1. The minimum absolute atomic E-state index is 0.110. The van der Waals surface area contributed by atoms with Gasteiger partial charge in [-0.2, -0.15) is 0 Å². The molecule has 0 saturated heterocycles. The van der Waals surface area contributed by atoms with Crippen LogP contribution >= 0.6 is 0 Å². The third kappa shape index (κ3) is 3.85. The van der Waals surface area contributed by atoms with Gasteiger partial charge >= 0.3 is 5.69 Å². The number of para-hydroxylation sites is 2. The molecular weight excluding hydrogens is 336 g/mol. The number of hydrogen-bond acceptors (Lipinski definition) is 4. The molecule has 8 heteroatoms. The molecule has 0 bridgehead atoms. The molecule has 0 atom stereocenters. The molecule has 2 amide bonds. The first kappa shape index (κ1) is 17.5. The lowest BCUT2D eigenvalue weighted by Gasteiger charge is -2.07. The molecule has 3 rings (SSSR count). The Labute approximate surface area is 149 Å². The van der Waals surface area contributed by atoms with Gasteiger partial charge in [0.25, 0.3) is 0 Å². The molecule has 3 aromatic rings. The highest BCUT2D eigenvalue weighted by Gasteiger charge is 2.12. The normalized spacial score (nSPS) is 10.8. The van der Waals surface area contributed by atoms with Gasteiger partial charge in [-0.05, 0) is 24.3 Å². The summed E-state index contributed by atoms with van der Waals surface area (Å²) < 4.78 is 8.22. The topological polar surface area (TPSA) is 98.3 Å². The van der Waals surface area contributed by atoms with Gasteiger partial charge in [0.2, 0.25) is 11.8 Å². The van der Waals surface area contributed by atoms with Crippen LogP contribution in [0.25, 0.3) is 11.0 Å². The summed E-state index contributed by atoms with van der Waals surface area (Å²) >= 11 is 0. The zero-order valence-electron chi connectivity index (χ0n) is 14.4. The highest BCUT2D eigenvalue weighted by atomic mass is 16.3. The quantitative estimate of drug-likeness (QED) is 0.653. The number of nitrogens with one attached hydrogen (secondary N) is 2. The number of amides is 2. The highest BCUT2D eigenvalue weighted by molar-refractivity contribution is 5.84. The molecule has 8 nitrogen and oxygen atoms in total. The molecule has 26 heavy (non-hydrogen) atoms. The number of imidazole rings is 1. The van der Waals surface area contributed by atoms with E-state index in [-0.39, 0.29) is 43.6 Å². The molecule has 1 aromatic carbocycles. The second-order valence-corrected chi connectivity index (χ2v) is 5.86. The van der Waals surface area contributed by atoms with Crippen LogP contribution in [-0.2, 0) is 29.7 Å². The molecule has 0 spiro atoms. The molecule has 0 saturated carbocycles. The number of aryl methyl sites for hydroxylation is 2. The number of fused-ring (bicyclic) bond motifs is 1. The van der Waals surface area contributed by atoms with Crippen LogP contribution in [0.5, 0.6) is 0 Å². The lowest BCUT2D eigenvalue weighted by molar-refractivity contribution is -0.126. The van der Waals surface area contributed by atoms with E-state index in [1.807, 2.05) is 24.3 Å².